The lowest BCUT2D eigenvalue weighted by Crippen LogP contribution is -2.51. The van der Waals surface area contributed by atoms with Crippen molar-refractivity contribution in [2.24, 2.45) is 45.3 Å². The van der Waals surface area contributed by atoms with Gasteiger partial charge in [0, 0.05) is 0 Å². The molecule has 2 fully saturated rings. The lowest BCUT2D eigenvalue weighted by atomic mass is 9.46. The summed E-state index contributed by atoms with van der Waals surface area (Å²) in [6.07, 6.45) is 20.7. The minimum absolute atomic E-state index is 0.00662. The van der Waals surface area contributed by atoms with E-state index in [4.69, 9.17) is 14.2 Å². The zero-order valence-electron chi connectivity index (χ0n) is 37.5. The van der Waals surface area contributed by atoms with Gasteiger partial charge in [-0.25, -0.2) is 0 Å². The molecule has 4 aliphatic rings. The monoisotopic (exact) mass is 809 g/mol. The first-order valence-electron chi connectivity index (χ1n) is 22.2. The van der Waals surface area contributed by atoms with Crippen LogP contribution in [0.15, 0.2) is 46.6 Å². The average molecular weight is 809 g/mol. The molecule has 4 rings (SSSR count). The Morgan fingerprint density at radius 1 is 0.638 bits per heavy atom. The molecule has 0 radical (unpaired) electrons. The quantitative estimate of drug-likeness (QED) is 0.0771. The van der Waals surface area contributed by atoms with Gasteiger partial charge in [0.1, 0.15) is 6.61 Å². The number of carbonyl (C=O) groups is 4. The second-order valence-electron chi connectivity index (χ2n) is 19.3. The van der Waals surface area contributed by atoms with Crippen LogP contribution in [0.3, 0.4) is 0 Å². The van der Waals surface area contributed by atoms with E-state index in [0.717, 1.165) is 82.6 Å². The highest BCUT2D eigenvalue weighted by molar-refractivity contribution is 5.78. The molecular weight excluding hydrogens is 733 g/mol. The van der Waals surface area contributed by atoms with Crippen LogP contribution in [0.4, 0.5) is 0 Å². The molecule has 0 aliphatic heterocycles. The molecule has 0 aromatic rings. The van der Waals surface area contributed by atoms with Gasteiger partial charge in [0.15, 0.2) is 0 Å². The highest BCUT2D eigenvalue weighted by Crippen LogP contribution is 2.63. The van der Waals surface area contributed by atoms with Crippen molar-refractivity contribution < 1.29 is 43.2 Å². The fourth-order valence-corrected chi connectivity index (χ4v) is 11.6. The predicted molar refractivity (Wildman–Crippen MR) is 227 cm³/mol. The zero-order chi connectivity index (χ0) is 42.7. The number of aliphatic hydroxyl groups excluding tert-OH is 1. The van der Waals surface area contributed by atoms with Crippen LogP contribution in [0, 0.1) is 45.3 Å². The van der Waals surface area contributed by atoms with Crippen LogP contribution in [0.25, 0.3) is 0 Å². The minimum atomic E-state index is -0.418. The number of allylic oxidation sites excluding steroid dienone is 6. The number of hydrogen-bond acceptors (Lipinski definition) is 9. The SMILES string of the molecule is COC(=O)CCC(=O)OC[C@@H]1CC[C@@]2(C)C(C)=CCC[C@@H]2[C@@]1(C)CC/C(C)=C/COC(=O)CCC(=O)OC[C@@H]1CC[C@@]2(C)C(C)=CCC[C@@H]2[C@@]1(C)CC/C(C)=C/CO. The number of rotatable bonds is 19. The van der Waals surface area contributed by atoms with Crippen molar-refractivity contribution in [2.45, 2.75) is 158 Å². The number of methoxy groups -OCH3 is 1. The summed E-state index contributed by atoms with van der Waals surface area (Å²) in [7, 11) is 1.32. The third-order valence-electron chi connectivity index (χ3n) is 16.1. The summed E-state index contributed by atoms with van der Waals surface area (Å²) in [6.45, 7) is 19.2. The number of carbonyl (C=O) groups excluding carboxylic acids is 4. The first kappa shape index (κ1) is 47.5. The molecule has 58 heavy (non-hydrogen) atoms. The molecule has 1 N–H and O–H groups in total. The molecule has 9 heteroatoms. The van der Waals surface area contributed by atoms with Gasteiger partial charge in [-0.15, -0.1) is 0 Å². The van der Waals surface area contributed by atoms with Gasteiger partial charge in [0.2, 0.25) is 0 Å². The Kier molecular flexibility index (Phi) is 17.1. The average Bonchev–Trinajstić information content (AvgIpc) is 3.19. The zero-order valence-corrected chi connectivity index (χ0v) is 37.5. The van der Waals surface area contributed by atoms with Crippen LogP contribution in [-0.4, -0.2) is 62.5 Å². The summed E-state index contributed by atoms with van der Waals surface area (Å²) in [6, 6.07) is 0. The van der Waals surface area contributed by atoms with Gasteiger partial charge in [-0.05, 0) is 156 Å². The van der Waals surface area contributed by atoms with E-state index in [9.17, 15) is 24.3 Å². The van der Waals surface area contributed by atoms with E-state index in [0.29, 0.717) is 25.0 Å². The lowest BCUT2D eigenvalue weighted by Gasteiger charge is -2.58. The van der Waals surface area contributed by atoms with Crippen molar-refractivity contribution in [2.75, 3.05) is 33.5 Å². The number of hydrogen-bond donors (Lipinski definition) is 1. The molecule has 2 saturated carbocycles. The van der Waals surface area contributed by atoms with Crippen molar-refractivity contribution in [3.63, 3.8) is 0 Å². The second-order valence-corrected chi connectivity index (χ2v) is 19.3. The van der Waals surface area contributed by atoms with E-state index in [1.165, 1.54) is 23.8 Å². The first-order valence-corrected chi connectivity index (χ1v) is 22.2. The number of ether oxygens (including phenoxy) is 4. The van der Waals surface area contributed by atoms with Crippen LogP contribution < -0.4 is 0 Å². The molecule has 0 saturated heterocycles. The number of aliphatic hydroxyl groups is 1. The minimum Gasteiger partial charge on any atom is -0.469 e. The van der Waals surface area contributed by atoms with Crippen LogP contribution in [-0.2, 0) is 38.1 Å². The van der Waals surface area contributed by atoms with Gasteiger partial charge in [-0.3, -0.25) is 19.2 Å². The molecule has 4 aliphatic carbocycles. The molecular formula is C49H76O9. The first-order chi connectivity index (χ1) is 27.4. The maximum atomic E-state index is 13.0. The van der Waals surface area contributed by atoms with E-state index in [2.05, 4.69) is 72.3 Å². The molecule has 0 unspecified atom stereocenters. The fraction of sp³-hybridized carbons (Fsp3) is 0.755. The van der Waals surface area contributed by atoms with Crippen molar-refractivity contribution in [1.82, 2.24) is 0 Å². The Morgan fingerprint density at radius 2 is 1.05 bits per heavy atom. The van der Waals surface area contributed by atoms with Crippen LogP contribution in [0.1, 0.15) is 158 Å². The van der Waals surface area contributed by atoms with Gasteiger partial charge in [-0.1, -0.05) is 68.2 Å². The van der Waals surface area contributed by atoms with Gasteiger partial charge in [0.25, 0.3) is 0 Å². The summed E-state index contributed by atoms with van der Waals surface area (Å²) in [4.78, 5) is 49.9. The molecule has 0 spiro atoms. The van der Waals surface area contributed by atoms with E-state index >= 15 is 0 Å². The molecule has 326 valence electrons. The van der Waals surface area contributed by atoms with E-state index in [1.54, 1.807) is 0 Å². The predicted octanol–water partition coefficient (Wildman–Crippen LogP) is 10.4. The van der Waals surface area contributed by atoms with E-state index in [-0.39, 0.29) is 84.3 Å². The van der Waals surface area contributed by atoms with Crippen molar-refractivity contribution in [3.8, 4) is 0 Å². The van der Waals surface area contributed by atoms with Gasteiger partial charge >= 0.3 is 23.9 Å². The summed E-state index contributed by atoms with van der Waals surface area (Å²) in [5, 5.41) is 9.45. The van der Waals surface area contributed by atoms with Crippen LogP contribution >= 0.6 is 0 Å². The Balaban J connectivity index is 1.27. The third-order valence-corrected chi connectivity index (χ3v) is 16.1. The van der Waals surface area contributed by atoms with Gasteiger partial charge in [-0.2, -0.15) is 0 Å². The maximum absolute atomic E-state index is 13.0. The smallest absolute Gasteiger partial charge is 0.306 e. The fourth-order valence-electron chi connectivity index (χ4n) is 11.6. The van der Waals surface area contributed by atoms with Crippen molar-refractivity contribution >= 4 is 23.9 Å². The highest BCUT2D eigenvalue weighted by atomic mass is 16.5. The molecule has 0 amide bonds. The molecule has 0 heterocycles. The molecule has 0 aromatic carbocycles. The second kappa shape index (κ2) is 20.9. The Bertz CT molecular complexity index is 1590. The summed E-state index contributed by atoms with van der Waals surface area (Å²) < 4.78 is 21.9. The molecule has 8 atom stereocenters. The standard InChI is InChI=1S/C49H76O9/c1-34(24-30-50)20-26-48(7)38(22-28-46(5)36(3)12-10-14-40(46)48)33-58-45(54)19-18-43(52)56-31-25-35(2)21-27-49(8)39(32-57-44(53)17-16-42(51)55-9)23-29-47(6)37(4)13-11-15-41(47)49/h12-13,24-25,38-41,50H,10-11,14-23,26-33H2,1-9H3/b34-24+,35-25+/t38-,39-,40-,41-,46-,47-,48-,49-/m0/s1. The van der Waals surface area contributed by atoms with Crippen molar-refractivity contribution in [3.05, 3.63) is 46.6 Å². The lowest BCUT2D eigenvalue weighted by molar-refractivity contribution is -0.154. The Labute approximate surface area is 349 Å². The van der Waals surface area contributed by atoms with Gasteiger partial charge < -0.3 is 24.1 Å². The summed E-state index contributed by atoms with van der Waals surface area (Å²) in [5.74, 6) is -0.194. The third kappa shape index (κ3) is 11.3. The normalized spacial score (nSPS) is 32.5. The van der Waals surface area contributed by atoms with Crippen LogP contribution in [0.2, 0.25) is 0 Å². The van der Waals surface area contributed by atoms with Gasteiger partial charge in [0.05, 0.1) is 52.6 Å². The molecule has 9 nitrogen and oxygen atoms in total. The number of fused-ring (bicyclic) bond motifs is 2. The number of esters is 4. The highest BCUT2D eigenvalue weighted by Gasteiger charge is 2.55. The van der Waals surface area contributed by atoms with E-state index < -0.39 is 11.9 Å². The largest absolute Gasteiger partial charge is 0.469 e. The molecule has 0 aromatic heterocycles. The van der Waals surface area contributed by atoms with Crippen LogP contribution in [0.5, 0.6) is 0 Å². The van der Waals surface area contributed by atoms with Crippen molar-refractivity contribution in [1.29, 1.82) is 0 Å². The summed E-state index contributed by atoms with van der Waals surface area (Å²) >= 11 is 0. The maximum Gasteiger partial charge on any atom is 0.306 e. The topological polar surface area (TPSA) is 125 Å². The Hall–Kier alpha value is -3.20. The molecule has 0 bridgehead atoms. The Morgan fingerprint density at radius 3 is 1.48 bits per heavy atom. The van der Waals surface area contributed by atoms with E-state index in [1.807, 2.05) is 12.2 Å². The summed E-state index contributed by atoms with van der Waals surface area (Å²) in [5.41, 5.74) is 5.42.